The van der Waals surface area contributed by atoms with Gasteiger partial charge in [0, 0.05) is 25.2 Å². The van der Waals surface area contributed by atoms with Crippen molar-refractivity contribution in [2.24, 2.45) is 0 Å². The van der Waals surface area contributed by atoms with Gasteiger partial charge in [0.05, 0.1) is 26.9 Å². The second-order valence-corrected chi connectivity index (χ2v) is 6.64. The lowest BCUT2D eigenvalue weighted by molar-refractivity contribution is -0.121. The van der Waals surface area contributed by atoms with Gasteiger partial charge in [0.15, 0.2) is 0 Å². The lowest BCUT2D eigenvalue weighted by atomic mass is 10.1. The molecular weight excluding hydrogens is 356 g/mol. The van der Waals surface area contributed by atoms with E-state index in [0.29, 0.717) is 19.6 Å². The van der Waals surface area contributed by atoms with Crippen LogP contribution in [-0.2, 0) is 16.0 Å². The monoisotopic (exact) mass is 384 g/mol. The number of methoxy groups -OCH3 is 1. The summed E-state index contributed by atoms with van der Waals surface area (Å²) < 4.78 is 16.1. The van der Waals surface area contributed by atoms with Crippen molar-refractivity contribution in [3.63, 3.8) is 0 Å². The molecule has 0 bridgehead atoms. The van der Waals surface area contributed by atoms with Crippen LogP contribution < -0.4 is 19.7 Å². The molecule has 1 heterocycles. The van der Waals surface area contributed by atoms with Crippen LogP contribution in [0.25, 0.3) is 0 Å². The second-order valence-electron chi connectivity index (χ2n) is 6.64. The number of rotatable bonds is 9. The maximum Gasteiger partial charge on any atom is 0.220 e. The average Bonchev–Trinajstić information content (AvgIpc) is 2.76. The standard InChI is InChI=1S/C22H28N2O4/c1-26-20-7-9-21(10-8-20)28-15-12-23-22(25)11-4-18-2-5-19(6-3-18)24-13-16-27-17-14-24/h2-3,5-10H,4,11-17H2,1H3,(H,23,25). The number of hydrogen-bond donors (Lipinski definition) is 1. The Bertz CT molecular complexity index is 725. The molecular formula is C22H28N2O4. The quantitative estimate of drug-likeness (QED) is 0.674. The molecule has 2 aromatic carbocycles. The number of benzene rings is 2. The third kappa shape index (κ3) is 6.16. The topological polar surface area (TPSA) is 60.0 Å². The molecule has 150 valence electrons. The Balaban J connectivity index is 1.32. The van der Waals surface area contributed by atoms with E-state index in [1.807, 2.05) is 24.3 Å². The van der Waals surface area contributed by atoms with Gasteiger partial charge in [-0.1, -0.05) is 12.1 Å². The summed E-state index contributed by atoms with van der Waals surface area (Å²) in [5.41, 5.74) is 2.38. The lowest BCUT2D eigenvalue weighted by Gasteiger charge is -2.28. The minimum Gasteiger partial charge on any atom is -0.497 e. The molecule has 1 fully saturated rings. The average molecular weight is 384 g/mol. The molecule has 1 amide bonds. The molecule has 0 unspecified atom stereocenters. The van der Waals surface area contributed by atoms with Gasteiger partial charge < -0.3 is 24.4 Å². The van der Waals surface area contributed by atoms with Crippen LogP contribution in [0.3, 0.4) is 0 Å². The Kier molecular flexibility index (Phi) is 7.55. The van der Waals surface area contributed by atoms with Crippen molar-refractivity contribution in [1.82, 2.24) is 5.32 Å². The zero-order chi connectivity index (χ0) is 19.6. The van der Waals surface area contributed by atoms with Gasteiger partial charge in [-0.05, 0) is 48.4 Å². The molecule has 0 saturated carbocycles. The molecule has 1 N–H and O–H groups in total. The summed E-state index contributed by atoms with van der Waals surface area (Å²) in [6.45, 7) is 4.35. The Morgan fingerprint density at radius 1 is 1.04 bits per heavy atom. The molecule has 0 aliphatic carbocycles. The number of carbonyl (C=O) groups is 1. The fraction of sp³-hybridized carbons (Fsp3) is 0.409. The molecule has 0 aromatic heterocycles. The highest BCUT2D eigenvalue weighted by molar-refractivity contribution is 5.76. The van der Waals surface area contributed by atoms with Gasteiger partial charge in [0.2, 0.25) is 5.91 Å². The number of hydrogen-bond acceptors (Lipinski definition) is 5. The molecule has 28 heavy (non-hydrogen) atoms. The van der Waals surface area contributed by atoms with Gasteiger partial charge in [-0.25, -0.2) is 0 Å². The van der Waals surface area contributed by atoms with Gasteiger partial charge in [-0.2, -0.15) is 0 Å². The predicted molar refractivity (Wildman–Crippen MR) is 109 cm³/mol. The summed E-state index contributed by atoms with van der Waals surface area (Å²) in [5, 5.41) is 2.90. The van der Waals surface area contributed by atoms with Gasteiger partial charge >= 0.3 is 0 Å². The van der Waals surface area contributed by atoms with Gasteiger partial charge in [0.25, 0.3) is 0 Å². The van der Waals surface area contributed by atoms with E-state index in [0.717, 1.165) is 44.2 Å². The highest BCUT2D eigenvalue weighted by Gasteiger charge is 2.11. The number of morpholine rings is 1. The fourth-order valence-corrected chi connectivity index (χ4v) is 3.07. The third-order valence-corrected chi connectivity index (χ3v) is 4.71. The summed E-state index contributed by atoms with van der Waals surface area (Å²) in [6, 6.07) is 15.8. The van der Waals surface area contributed by atoms with Gasteiger partial charge in [-0.15, -0.1) is 0 Å². The summed E-state index contributed by atoms with van der Waals surface area (Å²) in [5.74, 6) is 1.59. The SMILES string of the molecule is COc1ccc(OCCNC(=O)CCc2ccc(N3CCOCC3)cc2)cc1. The number of anilines is 1. The summed E-state index contributed by atoms with van der Waals surface area (Å²) >= 11 is 0. The maximum atomic E-state index is 12.0. The number of nitrogens with zero attached hydrogens (tertiary/aromatic N) is 1. The Labute approximate surface area is 166 Å². The smallest absolute Gasteiger partial charge is 0.220 e. The number of amides is 1. The van der Waals surface area contributed by atoms with E-state index in [1.54, 1.807) is 7.11 Å². The molecule has 3 rings (SSSR count). The largest absolute Gasteiger partial charge is 0.497 e. The predicted octanol–water partition coefficient (Wildman–Crippen LogP) is 2.66. The van der Waals surface area contributed by atoms with Crippen molar-refractivity contribution in [2.75, 3.05) is 51.5 Å². The molecule has 0 radical (unpaired) electrons. The first-order valence-electron chi connectivity index (χ1n) is 9.70. The van der Waals surface area contributed by atoms with Crippen LogP contribution >= 0.6 is 0 Å². The fourth-order valence-electron chi connectivity index (χ4n) is 3.07. The van der Waals surface area contributed by atoms with Crippen molar-refractivity contribution in [3.8, 4) is 11.5 Å². The maximum absolute atomic E-state index is 12.0. The van der Waals surface area contributed by atoms with Gasteiger partial charge in [0.1, 0.15) is 18.1 Å². The van der Waals surface area contributed by atoms with Crippen LogP contribution in [0.4, 0.5) is 5.69 Å². The highest BCUT2D eigenvalue weighted by atomic mass is 16.5. The number of aryl methyl sites for hydroxylation is 1. The summed E-state index contributed by atoms with van der Waals surface area (Å²) in [4.78, 5) is 14.3. The second kappa shape index (κ2) is 10.6. The molecule has 2 aromatic rings. The van der Waals surface area contributed by atoms with E-state index < -0.39 is 0 Å². The Hall–Kier alpha value is -2.73. The van der Waals surface area contributed by atoms with Crippen molar-refractivity contribution >= 4 is 11.6 Å². The minimum atomic E-state index is 0.0376. The molecule has 0 spiro atoms. The van der Waals surface area contributed by atoms with E-state index >= 15 is 0 Å². The van der Waals surface area contributed by atoms with Crippen LogP contribution in [0.15, 0.2) is 48.5 Å². The van der Waals surface area contributed by atoms with Crippen LogP contribution in [0, 0.1) is 0 Å². The van der Waals surface area contributed by atoms with E-state index in [9.17, 15) is 4.79 Å². The molecule has 1 aliphatic heterocycles. The van der Waals surface area contributed by atoms with Gasteiger partial charge in [-0.3, -0.25) is 4.79 Å². The zero-order valence-corrected chi connectivity index (χ0v) is 16.4. The van der Waals surface area contributed by atoms with Crippen LogP contribution in [0.2, 0.25) is 0 Å². The number of carbonyl (C=O) groups excluding carboxylic acids is 1. The molecule has 6 nitrogen and oxygen atoms in total. The lowest BCUT2D eigenvalue weighted by Crippen LogP contribution is -2.36. The van der Waals surface area contributed by atoms with Crippen LogP contribution in [0.1, 0.15) is 12.0 Å². The normalized spacial score (nSPS) is 13.8. The number of nitrogens with one attached hydrogen (secondary N) is 1. The van der Waals surface area contributed by atoms with Crippen molar-refractivity contribution in [1.29, 1.82) is 0 Å². The summed E-state index contributed by atoms with van der Waals surface area (Å²) in [7, 11) is 1.63. The third-order valence-electron chi connectivity index (χ3n) is 4.71. The van der Waals surface area contributed by atoms with E-state index in [1.165, 1.54) is 11.3 Å². The van der Waals surface area contributed by atoms with Crippen molar-refractivity contribution in [2.45, 2.75) is 12.8 Å². The number of ether oxygens (including phenoxy) is 3. The van der Waals surface area contributed by atoms with Crippen LogP contribution in [0.5, 0.6) is 11.5 Å². The van der Waals surface area contributed by atoms with Crippen molar-refractivity contribution < 1.29 is 19.0 Å². The molecule has 6 heteroatoms. The summed E-state index contributed by atoms with van der Waals surface area (Å²) in [6.07, 6.45) is 1.20. The Morgan fingerprint density at radius 3 is 2.39 bits per heavy atom. The molecule has 0 atom stereocenters. The molecule has 1 aliphatic rings. The Morgan fingerprint density at radius 2 is 1.71 bits per heavy atom. The van der Waals surface area contributed by atoms with E-state index in [2.05, 4.69) is 34.5 Å². The first-order valence-corrected chi connectivity index (χ1v) is 9.70. The highest BCUT2D eigenvalue weighted by Crippen LogP contribution is 2.18. The van der Waals surface area contributed by atoms with Crippen molar-refractivity contribution in [3.05, 3.63) is 54.1 Å². The zero-order valence-electron chi connectivity index (χ0n) is 16.4. The first-order chi connectivity index (χ1) is 13.7. The van der Waals surface area contributed by atoms with Crippen LogP contribution in [-0.4, -0.2) is 52.5 Å². The molecule has 1 saturated heterocycles. The van der Waals surface area contributed by atoms with E-state index in [4.69, 9.17) is 14.2 Å². The first kappa shape index (κ1) is 20.0. The minimum absolute atomic E-state index is 0.0376. The van der Waals surface area contributed by atoms with E-state index in [-0.39, 0.29) is 5.91 Å².